The maximum absolute atomic E-state index is 13.6. The smallest absolute Gasteiger partial charge is 0.243 e. The second kappa shape index (κ2) is 13.9. The largest absolute Gasteiger partial charge is 0.384 e. The van der Waals surface area contributed by atoms with Crippen LogP contribution in [0.15, 0.2) is 65.8 Å². The Morgan fingerprint density at radius 3 is 2.49 bits per heavy atom. The predicted octanol–water partition coefficient (Wildman–Crippen LogP) is 3.03. The zero-order valence-corrected chi connectivity index (χ0v) is 24.7. The van der Waals surface area contributed by atoms with Crippen LogP contribution in [0.5, 0.6) is 0 Å². The number of halogens is 1. The molecular formula is C32H38FN5O5. The van der Waals surface area contributed by atoms with Crippen molar-refractivity contribution < 1.29 is 28.2 Å². The first-order valence-corrected chi connectivity index (χ1v) is 14.1. The molecule has 0 aliphatic carbocycles. The summed E-state index contributed by atoms with van der Waals surface area (Å²) in [7, 11) is 1.77. The van der Waals surface area contributed by atoms with Gasteiger partial charge in [0.05, 0.1) is 26.3 Å². The quantitative estimate of drug-likeness (QED) is 0.158. The van der Waals surface area contributed by atoms with Crippen LogP contribution in [0.3, 0.4) is 0 Å². The molecule has 2 aromatic rings. The topological polar surface area (TPSA) is 138 Å². The van der Waals surface area contributed by atoms with Gasteiger partial charge in [-0.1, -0.05) is 42.0 Å². The molecule has 2 aromatic carbocycles. The number of carbonyl (C=O) groups excluding carboxylic acids is 3. The molecule has 1 atom stereocenters. The van der Waals surface area contributed by atoms with Crippen LogP contribution in [-0.4, -0.2) is 85.5 Å². The number of nitrogens with one attached hydrogen (secondary N) is 2. The molecule has 2 aliphatic heterocycles. The molecule has 1 unspecified atom stereocenters. The number of rotatable bonds is 11. The lowest BCUT2D eigenvalue weighted by Crippen LogP contribution is -2.49. The van der Waals surface area contributed by atoms with E-state index in [-0.39, 0.29) is 49.5 Å². The van der Waals surface area contributed by atoms with Crippen molar-refractivity contribution in [2.75, 3.05) is 39.9 Å². The minimum absolute atomic E-state index is 0.0128. The molecule has 0 radical (unpaired) electrons. The lowest BCUT2D eigenvalue weighted by Gasteiger charge is -2.27. The highest BCUT2D eigenvalue weighted by Gasteiger charge is 2.52. The SMILES string of the molecule is C/C=C(\C=C(/C)CNC(=O)C1CC2(CN1C(=O)CN(C)Cc1cc(-c3ccc(F)cc3)ccc1C=O)OCCO2)C(=N)N. The molecule has 2 saturated heterocycles. The number of hydrogen-bond acceptors (Lipinski definition) is 7. The Labute approximate surface area is 250 Å². The van der Waals surface area contributed by atoms with E-state index in [1.54, 1.807) is 55.3 Å². The van der Waals surface area contributed by atoms with E-state index in [0.717, 1.165) is 28.5 Å². The highest BCUT2D eigenvalue weighted by atomic mass is 19.1. The van der Waals surface area contributed by atoms with E-state index >= 15 is 0 Å². The van der Waals surface area contributed by atoms with Crippen molar-refractivity contribution in [1.29, 1.82) is 5.41 Å². The van der Waals surface area contributed by atoms with Gasteiger partial charge >= 0.3 is 0 Å². The van der Waals surface area contributed by atoms with E-state index in [9.17, 15) is 18.8 Å². The number of nitrogens with zero attached hydrogens (tertiary/aromatic N) is 2. The highest BCUT2D eigenvalue weighted by Crippen LogP contribution is 2.35. The van der Waals surface area contributed by atoms with Crippen LogP contribution in [0.1, 0.15) is 36.2 Å². The number of amides is 2. The lowest BCUT2D eigenvalue weighted by atomic mass is 9.99. The van der Waals surface area contributed by atoms with Gasteiger partial charge in [0.25, 0.3) is 0 Å². The number of benzene rings is 2. The number of likely N-dealkylation sites (tertiary alicyclic amines) is 1. The maximum Gasteiger partial charge on any atom is 0.243 e. The molecule has 0 aromatic heterocycles. The number of allylic oxidation sites excluding steroid dienone is 1. The van der Waals surface area contributed by atoms with Crippen molar-refractivity contribution in [3.05, 3.63) is 82.7 Å². The number of ether oxygens (including phenoxy) is 2. The van der Waals surface area contributed by atoms with E-state index in [0.29, 0.717) is 30.9 Å². The zero-order chi connectivity index (χ0) is 31.1. The number of nitrogens with two attached hydrogens (primary N) is 1. The fourth-order valence-electron chi connectivity index (χ4n) is 5.37. The maximum atomic E-state index is 13.6. The monoisotopic (exact) mass is 591 g/mol. The van der Waals surface area contributed by atoms with Gasteiger partial charge in [0, 0.05) is 30.6 Å². The molecule has 0 saturated carbocycles. The summed E-state index contributed by atoms with van der Waals surface area (Å²) in [6.07, 6.45) is 4.43. The molecule has 10 nitrogen and oxygen atoms in total. The van der Waals surface area contributed by atoms with Crippen LogP contribution in [0, 0.1) is 11.2 Å². The van der Waals surface area contributed by atoms with Gasteiger partial charge in [0.2, 0.25) is 11.8 Å². The second-order valence-corrected chi connectivity index (χ2v) is 10.9. The van der Waals surface area contributed by atoms with Crippen LogP contribution in [0.4, 0.5) is 4.39 Å². The average Bonchev–Trinajstić information content (AvgIpc) is 3.61. The summed E-state index contributed by atoms with van der Waals surface area (Å²) >= 11 is 0. The summed E-state index contributed by atoms with van der Waals surface area (Å²) < 4.78 is 25.1. The van der Waals surface area contributed by atoms with Crippen LogP contribution < -0.4 is 11.1 Å². The van der Waals surface area contributed by atoms with Gasteiger partial charge in [0.1, 0.15) is 24.0 Å². The molecule has 4 N–H and O–H groups in total. The molecule has 1 spiro atoms. The summed E-state index contributed by atoms with van der Waals surface area (Å²) in [4.78, 5) is 42.0. The highest BCUT2D eigenvalue weighted by molar-refractivity contribution is 5.97. The van der Waals surface area contributed by atoms with Gasteiger partial charge in [-0.25, -0.2) is 4.39 Å². The summed E-state index contributed by atoms with van der Waals surface area (Å²) in [5.74, 6) is -2.04. The summed E-state index contributed by atoms with van der Waals surface area (Å²) in [6, 6.07) is 10.7. The second-order valence-electron chi connectivity index (χ2n) is 10.9. The van der Waals surface area contributed by atoms with Gasteiger partial charge in [-0.05, 0) is 55.8 Å². The Morgan fingerprint density at radius 1 is 1.19 bits per heavy atom. The molecule has 228 valence electrons. The Hall–Kier alpha value is -4.19. The van der Waals surface area contributed by atoms with Crippen LogP contribution in [-0.2, 0) is 25.6 Å². The third-order valence-electron chi connectivity index (χ3n) is 7.59. The summed E-state index contributed by atoms with van der Waals surface area (Å²) in [5, 5.41) is 10.5. The van der Waals surface area contributed by atoms with Crippen molar-refractivity contribution >= 4 is 23.9 Å². The standard InChI is InChI=1S/C32H38FN5O5/c1-4-22(30(34)35)13-21(2)16-36-31(41)28-15-32(42-11-12-43-32)20-38(28)29(40)18-37(3)17-26-14-24(5-6-25(26)19-39)23-7-9-27(33)10-8-23/h4-10,13-14,19,28H,11-12,15-18,20H2,1-3H3,(H3,34,35)(H,36,41)/b21-13+,22-4+. The van der Waals surface area contributed by atoms with Crippen molar-refractivity contribution in [3.8, 4) is 11.1 Å². The average molecular weight is 592 g/mol. The molecule has 0 bridgehead atoms. The number of carbonyl (C=O) groups is 3. The fraction of sp³-hybridized carbons (Fsp3) is 0.375. The minimum Gasteiger partial charge on any atom is -0.384 e. The van der Waals surface area contributed by atoms with Gasteiger partial charge in [-0.3, -0.25) is 24.7 Å². The first-order chi connectivity index (χ1) is 20.5. The number of amidine groups is 1. The van der Waals surface area contributed by atoms with E-state index in [2.05, 4.69) is 5.32 Å². The van der Waals surface area contributed by atoms with Crippen LogP contribution in [0.25, 0.3) is 11.1 Å². The summed E-state index contributed by atoms with van der Waals surface area (Å²) in [5.41, 5.74) is 9.78. The first-order valence-electron chi connectivity index (χ1n) is 14.1. The zero-order valence-electron chi connectivity index (χ0n) is 24.7. The molecule has 2 aliphatic rings. The van der Waals surface area contributed by atoms with Gasteiger partial charge in [-0.15, -0.1) is 0 Å². The number of aldehydes is 1. The number of hydrogen-bond donors (Lipinski definition) is 3. The molecule has 11 heteroatoms. The van der Waals surface area contributed by atoms with Crippen LogP contribution >= 0.6 is 0 Å². The van der Waals surface area contributed by atoms with Gasteiger partial charge in [-0.2, -0.15) is 0 Å². The summed E-state index contributed by atoms with van der Waals surface area (Å²) in [6.45, 7) is 4.99. The normalized spacial score (nSPS) is 18.3. The Morgan fingerprint density at radius 2 is 1.86 bits per heavy atom. The van der Waals surface area contributed by atoms with Gasteiger partial charge < -0.3 is 25.4 Å². The molecule has 4 rings (SSSR count). The Kier molecular flexibility index (Phi) is 10.2. The lowest BCUT2D eigenvalue weighted by molar-refractivity contribution is -0.152. The number of likely N-dealkylation sites (N-methyl/N-ethyl adjacent to an activating group) is 1. The molecule has 43 heavy (non-hydrogen) atoms. The van der Waals surface area contributed by atoms with Crippen LogP contribution in [0.2, 0.25) is 0 Å². The third-order valence-corrected chi connectivity index (χ3v) is 7.59. The van der Waals surface area contributed by atoms with Crippen molar-refractivity contribution in [1.82, 2.24) is 15.1 Å². The fourth-order valence-corrected chi connectivity index (χ4v) is 5.37. The minimum atomic E-state index is -1.03. The van der Waals surface area contributed by atoms with E-state index in [1.165, 1.54) is 17.0 Å². The van der Waals surface area contributed by atoms with E-state index < -0.39 is 11.8 Å². The van der Waals surface area contributed by atoms with Crippen molar-refractivity contribution in [2.45, 2.75) is 38.6 Å². The Balaban J connectivity index is 1.46. The molecule has 2 amide bonds. The first kappa shape index (κ1) is 31.7. The Bertz CT molecular complexity index is 1430. The van der Waals surface area contributed by atoms with E-state index in [4.69, 9.17) is 20.6 Å². The van der Waals surface area contributed by atoms with Gasteiger partial charge in [0.15, 0.2) is 5.79 Å². The van der Waals surface area contributed by atoms with Crippen molar-refractivity contribution in [2.24, 2.45) is 5.73 Å². The molecule has 2 fully saturated rings. The van der Waals surface area contributed by atoms with Crippen molar-refractivity contribution in [3.63, 3.8) is 0 Å². The van der Waals surface area contributed by atoms with E-state index in [1.807, 2.05) is 13.0 Å². The molecule has 2 heterocycles. The third kappa shape index (κ3) is 7.81. The predicted molar refractivity (Wildman–Crippen MR) is 161 cm³/mol. The molecular weight excluding hydrogens is 553 g/mol.